The number of rotatable bonds is 0. The van der Waals surface area contributed by atoms with Gasteiger partial charge in [-0.05, 0) is 123 Å². The third kappa shape index (κ3) is 14.7. The van der Waals surface area contributed by atoms with Crippen molar-refractivity contribution >= 4 is 10.1 Å². The van der Waals surface area contributed by atoms with E-state index in [9.17, 15) is 13.2 Å². The third-order valence-corrected chi connectivity index (χ3v) is 8.40. The molecule has 0 spiro atoms. The van der Waals surface area contributed by atoms with Crippen LogP contribution in [0, 0.1) is 147 Å². The first-order valence-corrected chi connectivity index (χ1v) is 14.8. The van der Waals surface area contributed by atoms with Crippen molar-refractivity contribution in [3.05, 3.63) is 135 Å². The first-order valence-electron chi connectivity index (χ1n) is 13.4. The molecule has 242 valence electrons. The van der Waals surface area contributed by atoms with E-state index in [0.29, 0.717) is 0 Å². The van der Waals surface area contributed by atoms with Gasteiger partial charge in [0, 0.05) is 39.0 Å². The molecule has 0 saturated heterocycles. The largest absolute Gasteiger partial charge is 0.522 e. The average molecular weight is 801 g/mol. The van der Waals surface area contributed by atoms with Gasteiger partial charge in [0.1, 0.15) is 0 Å². The molecular weight excluding hydrogens is 760 g/mol. The second-order valence-corrected chi connectivity index (χ2v) is 11.6. The molecule has 0 unspecified atom stereocenters. The normalized spacial score (nSPS) is 23.6. The van der Waals surface area contributed by atoms with Gasteiger partial charge in [-0.25, -0.2) is 0 Å². The molecule has 9 heteroatoms. The Labute approximate surface area is 295 Å². The fourth-order valence-electron chi connectivity index (χ4n) is 4.00. The SMILES string of the molecule is C(#C[C]1[CH][CH][CH][CH][CH]1)[C]1[CH][CH][CH][CH][CH]1.C[C]1[C](C)[C](C)[C](C)[C]1C.C[C]1[C](C)[C](C)[C](C)[C]1C.O=S(=O)(O)C(F)(F)F.[Ru].[Ru]. The third-order valence-electron chi connectivity index (χ3n) is 7.82. The molecule has 0 amide bonds. The molecule has 4 aliphatic carbocycles. The van der Waals surface area contributed by atoms with Crippen molar-refractivity contribution in [2.24, 2.45) is 0 Å². The predicted molar refractivity (Wildman–Crippen MR) is 164 cm³/mol. The standard InChI is InChI=1S/C14H10.2C10H15.CHF3O3S.2Ru/c1-3-7-13(8-4-1)11-12-14-9-5-2-6-10-14;2*1-6-7(2)9(4)10(5)8(6)3;2-1(3,4)8(5,6)7;;/h1-10H;2*1-5H3;(H,5,6,7);;. The summed E-state index contributed by atoms with van der Waals surface area (Å²) < 4.78 is 57.5. The van der Waals surface area contributed by atoms with E-state index in [1.54, 1.807) is 0 Å². The summed E-state index contributed by atoms with van der Waals surface area (Å²) >= 11 is 0. The molecule has 4 fully saturated rings. The molecule has 0 bridgehead atoms. The van der Waals surface area contributed by atoms with E-state index in [0.717, 1.165) is 11.8 Å². The van der Waals surface area contributed by atoms with E-state index in [2.05, 4.69) is 81.1 Å². The second-order valence-electron chi connectivity index (χ2n) is 10.2. The van der Waals surface area contributed by atoms with Gasteiger partial charge in [0.15, 0.2) is 0 Å². The van der Waals surface area contributed by atoms with Crippen molar-refractivity contribution in [1.82, 2.24) is 0 Å². The van der Waals surface area contributed by atoms with Crippen LogP contribution >= 0.6 is 0 Å². The van der Waals surface area contributed by atoms with Crippen LogP contribution in [0.5, 0.6) is 0 Å². The Kier molecular flexibility index (Phi) is 22.8. The Morgan fingerprint density at radius 3 is 0.773 bits per heavy atom. The van der Waals surface area contributed by atoms with E-state index < -0.39 is 15.6 Å². The maximum Gasteiger partial charge on any atom is 0.522 e. The topological polar surface area (TPSA) is 54.4 Å². The summed E-state index contributed by atoms with van der Waals surface area (Å²) in [7, 11) is -5.84. The summed E-state index contributed by atoms with van der Waals surface area (Å²) in [6.07, 6.45) is 20.0. The summed E-state index contributed by atoms with van der Waals surface area (Å²) in [5.74, 6) is 23.0. The minimum atomic E-state index is -5.84. The van der Waals surface area contributed by atoms with Crippen molar-refractivity contribution in [3.63, 3.8) is 0 Å². The summed E-state index contributed by atoms with van der Waals surface area (Å²) in [5, 5.41) is 0. The van der Waals surface area contributed by atoms with Gasteiger partial charge in [0.2, 0.25) is 0 Å². The Balaban J connectivity index is 0. The van der Waals surface area contributed by atoms with Crippen LogP contribution in [0.4, 0.5) is 13.2 Å². The van der Waals surface area contributed by atoms with Gasteiger partial charge < -0.3 is 0 Å². The molecule has 3 nitrogen and oxygen atoms in total. The van der Waals surface area contributed by atoms with Crippen LogP contribution in [0.1, 0.15) is 69.2 Å². The van der Waals surface area contributed by atoms with Gasteiger partial charge in [0.05, 0.1) is 11.8 Å². The smallest absolute Gasteiger partial charge is 0.279 e. The summed E-state index contributed by atoms with van der Waals surface area (Å²) in [5.41, 5.74) is -5.53. The van der Waals surface area contributed by atoms with Gasteiger partial charge in [0.25, 0.3) is 0 Å². The van der Waals surface area contributed by atoms with Crippen molar-refractivity contribution in [1.29, 1.82) is 0 Å². The van der Waals surface area contributed by atoms with Gasteiger partial charge in [-0.2, -0.15) is 21.6 Å². The van der Waals surface area contributed by atoms with Crippen LogP contribution < -0.4 is 0 Å². The van der Waals surface area contributed by atoms with Crippen LogP contribution in [0.3, 0.4) is 0 Å². The van der Waals surface area contributed by atoms with Crippen LogP contribution in [0.2, 0.25) is 0 Å². The molecule has 0 aromatic heterocycles. The zero-order valence-electron chi connectivity index (χ0n) is 26.8. The van der Waals surface area contributed by atoms with Crippen molar-refractivity contribution in [2.75, 3.05) is 0 Å². The fraction of sp³-hybridized carbons (Fsp3) is 0.314. The van der Waals surface area contributed by atoms with E-state index in [-0.39, 0.29) is 39.0 Å². The molecule has 44 heavy (non-hydrogen) atoms. The Morgan fingerprint density at radius 2 is 0.636 bits per heavy atom. The van der Waals surface area contributed by atoms with Crippen LogP contribution in [-0.2, 0) is 49.1 Å². The minimum Gasteiger partial charge on any atom is -0.279 e. The zero-order valence-corrected chi connectivity index (χ0v) is 31.1. The number of alkyl halides is 3. The van der Waals surface area contributed by atoms with Gasteiger partial charge >= 0.3 is 15.6 Å². The van der Waals surface area contributed by atoms with Crippen LogP contribution in [0.15, 0.2) is 0 Å². The van der Waals surface area contributed by atoms with Gasteiger partial charge in [-0.15, -0.1) is 0 Å². The van der Waals surface area contributed by atoms with Gasteiger partial charge in [-0.3, -0.25) is 4.55 Å². The van der Waals surface area contributed by atoms with Crippen LogP contribution in [-0.4, -0.2) is 18.5 Å². The summed E-state index contributed by atoms with van der Waals surface area (Å²) in [4.78, 5) is 0. The number of halogens is 3. The molecule has 0 heterocycles. The maximum absolute atomic E-state index is 10.7. The molecule has 1 N–H and O–H groups in total. The molecule has 0 aromatic rings. The molecule has 4 aliphatic rings. The van der Waals surface area contributed by atoms with E-state index in [4.69, 9.17) is 13.0 Å². The summed E-state index contributed by atoms with van der Waals surface area (Å²) in [6.45, 7) is 22.0. The average Bonchev–Trinajstić information content (AvgIpc) is 3.22. The minimum absolute atomic E-state index is 0. The first kappa shape index (κ1) is 46.6. The van der Waals surface area contributed by atoms with Gasteiger partial charge in [-0.1, -0.05) is 81.1 Å². The Hall–Kier alpha value is 0.507. The van der Waals surface area contributed by atoms with E-state index >= 15 is 0 Å². The quantitative estimate of drug-likeness (QED) is 0.116. The van der Waals surface area contributed by atoms with Crippen molar-refractivity contribution < 1.29 is 65.1 Å². The Morgan fingerprint density at radius 1 is 0.477 bits per heavy atom. The maximum atomic E-state index is 10.7. The van der Waals surface area contributed by atoms with E-state index in [1.165, 1.54) is 59.2 Å². The number of hydrogen-bond acceptors (Lipinski definition) is 2. The Bertz CT molecular complexity index is 795. The van der Waals surface area contributed by atoms with Crippen molar-refractivity contribution in [3.8, 4) is 11.8 Å². The number of hydrogen-bond donors (Lipinski definition) is 1. The van der Waals surface area contributed by atoms with E-state index in [1.807, 2.05) is 64.2 Å². The molecule has 22 radical (unpaired) electrons. The molecule has 4 rings (SSSR count). The van der Waals surface area contributed by atoms with Crippen LogP contribution in [0.25, 0.3) is 0 Å². The molecule has 0 atom stereocenters. The molecule has 0 aliphatic heterocycles. The summed E-state index contributed by atoms with van der Waals surface area (Å²) in [6, 6.07) is 0. The predicted octanol–water partition coefficient (Wildman–Crippen LogP) is 8.54. The second kappa shape index (κ2) is 21.5. The molecule has 4 saturated carbocycles. The van der Waals surface area contributed by atoms with Crippen molar-refractivity contribution in [2.45, 2.75) is 74.7 Å². The first-order chi connectivity index (χ1) is 19.3. The zero-order chi connectivity index (χ0) is 32.4. The monoisotopic (exact) mass is 802 g/mol. The fourth-order valence-corrected chi connectivity index (χ4v) is 4.00. The molecular formula is C35H41F3O3Ru2S. The molecule has 0 aromatic carbocycles.